The number of morpholine rings is 1. The minimum Gasteiger partial charge on any atom is -0.483 e. The molecule has 0 radical (unpaired) electrons. The number of aromatic nitrogens is 1. The van der Waals surface area contributed by atoms with Gasteiger partial charge in [-0.1, -0.05) is 30.3 Å². The first-order valence-corrected chi connectivity index (χ1v) is 13.2. The Bertz CT molecular complexity index is 1330. The zero-order valence-corrected chi connectivity index (χ0v) is 21.5. The van der Waals surface area contributed by atoms with E-state index in [0.717, 1.165) is 76.8 Å². The van der Waals surface area contributed by atoms with Gasteiger partial charge in [0.2, 0.25) is 0 Å². The molecule has 4 aromatic rings. The SMILES string of the molecule is Cc1cc(-c2ccc(OCC(=O)N[C@@H](C)c3cccs3)c(CN3CCOCC3)c2)c2ccccc2n1. The van der Waals surface area contributed by atoms with Gasteiger partial charge in [-0.25, -0.2) is 0 Å². The fraction of sp³-hybridized carbons (Fsp3) is 0.310. The van der Waals surface area contributed by atoms with Crippen LogP contribution in [0.25, 0.3) is 22.0 Å². The molecule has 1 aliphatic rings. The van der Waals surface area contributed by atoms with E-state index >= 15 is 0 Å². The molecule has 1 fully saturated rings. The first-order valence-electron chi connectivity index (χ1n) is 12.3. The highest BCUT2D eigenvalue weighted by molar-refractivity contribution is 7.10. The lowest BCUT2D eigenvalue weighted by atomic mass is 9.98. The minimum absolute atomic E-state index is 0.0253. The molecule has 186 valence electrons. The molecule has 2 aromatic carbocycles. The summed E-state index contributed by atoms with van der Waals surface area (Å²) in [5.41, 5.74) is 5.29. The van der Waals surface area contributed by atoms with Crippen molar-refractivity contribution in [2.75, 3.05) is 32.9 Å². The summed E-state index contributed by atoms with van der Waals surface area (Å²) in [6, 6.07) is 20.6. The van der Waals surface area contributed by atoms with E-state index in [4.69, 9.17) is 14.5 Å². The van der Waals surface area contributed by atoms with Crippen molar-refractivity contribution in [1.29, 1.82) is 0 Å². The maximum absolute atomic E-state index is 12.6. The number of nitrogens with zero attached hydrogens (tertiary/aromatic N) is 2. The second-order valence-electron chi connectivity index (χ2n) is 9.13. The van der Waals surface area contributed by atoms with Crippen molar-refractivity contribution in [2.24, 2.45) is 0 Å². The molecule has 3 heterocycles. The fourth-order valence-electron chi connectivity index (χ4n) is 4.59. The van der Waals surface area contributed by atoms with Gasteiger partial charge in [0.1, 0.15) is 5.75 Å². The molecule has 6 nitrogen and oxygen atoms in total. The Kier molecular flexibility index (Phi) is 7.60. The van der Waals surface area contributed by atoms with E-state index < -0.39 is 0 Å². The number of rotatable bonds is 8. The van der Waals surface area contributed by atoms with Crippen LogP contribution in [-0.4, -0.2) is 48.7 Å². The van der Waals surface area contributed by atoms with Crippen LogP contribution in [0.15, 0.2) is 66.0 Å². The van der Waals surface area contributed by atoms with Crippen LogP contribution in [-0.2, 0) is 16.1 Å². The first kappa shape index (κ1) is 24.4. The van der Waals surface area contributed by atoms with Crippen LogP contribution in [0.1, 0.15) is 29.1 Å². The molecule has 5 rings (SSSR count). The van der Waals surface area contributed by atoms with Crippen LogP contribution >= 0.6 is 11.3 Å². The Hall–Kier alpha value is -3.26. The molecule has 1 atom stereocenters. The third kappa shape index (κ3) is 5.75. The van der Waals surface area contributed by atoms with Crippen LogP contribution in [0.4, 0.5) is 0 Å². The molecule has 0 aliphatic carbocycles. The van der Waals surface area contributed by atoms with E-state index in [1.165, 1.54) is 0 Å². The van der Waals surface area contributed by atoms with Gasteiger partial charge in [0.15, 0.2) is 6.61 Å². The lowest BCUT2D eigenvalue weighted by molar-refractivity contribution is -0.123. The van der Waals surface area contributed by atoms with Gasteiger partial charge in [-0.2, -0.15) is 0 Å². The van der Waals surface area contributed by atoms with Crippen LogP contribution in [0.3, 0.4) is 0 Å². The van der Waals surface area contributed by atoms with Crippen molar-refractivity contribution in [1.82, 2.24) is 15.2 Å². The van der Waals surface area contributed by atoms with E-state index in [0.29, 0.717) is 0 Å². The van der Waals surface area contributed by atoms with Gasteiger partial charge in [0.25, 0.3) is 5.91 Å². The van der Waals surface area contributed by atoms with Crippen molar-refractivity contribution in [3.63, 3.8) is 0 Å². The molecule has 0 unspecified atom stereocenters. The topological polar surface area (TPSA) is 63.7 Å². The number of ether oxygens (including phenoxy) is 2. The summed E-state index contributed by atoms with van der Waals surface area (Å²) >= 11 is 1.63. The number of amides is 1. The molecule has 1 saturated heterocycles. The molecule has 1 aliphatic heterocycles. The summed E-state index contributed by atoms with van der Waals surface area (Å²) < 4.78 is 11.6. The summed E-state index contributed by atoms with van der Waals surface area (Å²) in [5, 5.41) is 6.17. The smallest absolute Gasteiger partial charge is 0.258 e. The molecular weight excluding hydrogens is 470 g/mol. The fourth-order valence-corrected chi connectivity index (χ4v) is 5.33. The second kappa shape index (κ2) is 11.2. The van der Waals surface area contributed by atoms with Gasteiger partial charge in [0.05, 0.1) is 24.8 Å². The van der Waals surface area contributed by atoms with Crippen LogP contribution in [0, 0.1) is 6.92 Å². The van der Waals surface area contributed by atoms with Gasteiger partial charge in [-0.3, -0.25) is 14.7 Å². The summed E-state index contributed by atoms with van der Waals surface area (Å²) in [5.74, 6) is 0.604. The normalized spacial score (nSPS) is 15.1. The number of carbonyl (C=O) groups is 1. The van der Waals surface area contributed by atoms with Crippen LogP contribution in [0.5, 0.6) is 5.75 Å². The maximum Gasteiger partial charge on any atom is 0.258 e. The number of benzene rings is 2. The number of nitrogens with one attached hydrogen (secondary N) is 1. The number of fused-ring (bicyclic) bond motifs is 1. The summed E-state index contributed by atoms with van der Waals surface area (Å²) in [6.45, 7) is 7.94. The molecule has 0 spiro atoms. The highest BCUT2D eigenvalue weighted by Gasteiger charge is 2.17. The average Bonchev–Trinajstić information content (AvgIpc) is 3.43. The summed E-state index contributed by atoms with van der Waals surface area (Å²) in [7, 11) is 0. The van der Waals surface area contributed by atoms with Gasteiger partial charge < -0.3 is 14.8 Å². The standard InChI is InChI=1S/C29H31N3O3S/c1-20-16-25(24-6-3-4-7-26(24)30-20)22-9-10-27(23(17-22)18-32-11-13-34-14-12-32)35-19-29(33)31-21(2)28-8-5-15-36-28/h3-10,15-17,21H,11-14,18-19H2,1-2H3,(H,31,33)/t21-/m0/s1. The Labute approximate surface area is 215 Å². The minimum atomic E-state index is -0.131. The molecule has 1 N–H and O–H groups in total. The number of hydrogen-bond donors (Lipinski definition) is 1. The maximum atomic E-state index is 12.6. The highest BCUT2D eigenvalue weighted by Crippen LogP contribution is 2.33. The predicted molar refractivity (Wildman–Crippen MR) is 144 cm³/mol. The number of hydrogen-bond acceptors (Lipinski definition) is 6. The zero-order chi connectivity index (χ0) is 24.9. The van der Waals surface area contributed by atoms with Crippen molar-refractivity contribution >= 4 is 28.1 Å². The Morgan fingerprint density at radius 2 is 1.97 bits per heavy atom. The quantitative estimate of drug-likeness (QED) is 0.352. The molecular formula is C29H31N3O3S. The number of carbonyl (C=O) groups excluding carboxylic acids is 1. The average molecular weight is 502 g/mol. The highest BCUT2D eigenvalue weighted by atomic mass is 32.1. The number of para-hydroxylation sites is 1. The summed E-state index contributed by atoms with van der Waals surface area (Å²) in [4.78, 5) is 20.8. The van der Waals surface area contributed by atoms with Gasteiger partial charge in [-0.15, -0.1) is 11.3 Å². The van der Waals surface area contributed by atoms with Gasteiger partial charge >= 0.3 is 0 Å². The van der Waals surface area contributed by atoms with E-state index in [1.54, 1.807) is 11.3 Å². The number of thiophene rings is 1. The largest absolute Gasteiger partial charge is 0.483 e. The Morgan fingerprint density at radius 1 is 1.14 bits per heavy atom. The molecule has 1 amide bonds. The van der Waals surface area contributed by atoms with E-state index in [1.807, 2.05) is 55.6 Å². The van der Waals surface area contributed by atoms with Gasteiger partial charge in [-0.05, 0) is 60.7 Å². The second-order valence-corrected chi connectivity index (χ2v) is 10.1. The van der Waals surface area contributed by atoms with Gasteiger partial charge in [0, 0.05) is 41.2 Å². The van der Waals surface area contributed by atoms with Crippen molar-refractivity contribution < 1.29 is 14.3 Å². The van der Waals surface area contributed by atoms with Crippen LogP contribution in [0.2, 0.25) is 0 Å². The third-order valence-electron chi connectivity index (χ3n) is 6.42. The first-order chi connectivity index (χ1) is 17.6. The lowest BCUT2D eigenvalue weighted by Crippen LogP contribution is -2.36. The Balaban J connectivity index is 1.40. The molecule has 7 heteroatoms. The van der Waals surface area contributed by atoms with E-state index in [9.17, 15) is 4.79 Å². The van der Waals surface area contributed by atoms with E-state index in [-0.39, 0.29) is 18.6 Å². The predicted octanol–water partition coefficient (Wildman–Crippen LogP) is 5.36. The Morgan fingerprint density at radius 3 is 2.78 bits per heavy atom. The van der Waals surface area contributed by atoms with E-state index in [2.05, 4.69) is 34.5 Å². The third-order valence-corrected chi connectivity index (χ3v) is 7.47. The zero-order valence-electron chi connectivity index (χ0n) is 20.7. The molecule has 0 saturated carbocycles. The van der Waals surface area contributed by atoms with Crippen molar-refractivity contribution in [3.8, 4) is 16.9 Å². The van der Waals surface area contributed by atoms with Crippen molar-refractivity contribution in [2.45, 2.75) is 26.4 Å². The lowest BCUT2D eigenvalue weighted by Gasteiger charge is -2.27. The van der Waals surface area contributed by atoms with Crippen molar-refractivity contribution in [3.05, 3.63) is 82.2 Å². The number of aryl methyl sites for hydroxylation is 1. The van der Waals surface area contributed by atoms with Crippen LogP contribution < -0.4 is 10.1 Å². The monoisotopic (exact) mass is 501 g/mol. The summed E-state index contributed by atoms with van der Waals surface area (Å²) in [6.07, 6.45) is 0. The number of pyridine rings is 1. The molecule has 36 heavy (non-hydrogen) atoms. The molecule has 0 bridgehead atoms. The molecule has 2 aromatic heterocycles.